The van der Waals surface area contributed by atoms with E-state index >= 15 is 0 Å². The van der Waals surface area contributed by atoms with E-state index < -0.39 is 27.6 Å². The fraction of sp³-hybridized carbons (Fsp3) is 0.100. The number of aromatic nitrogens is 2. The van der Waals surface area contributed by atoms with Crippen LogP contribution >= 0.6 is 12.2 Å². The summed E-state index contributed by atoms with van der Waals surface area (Å²) in [5.74, 6) is -2.38. The van der Waals surface area contributed by atoms with E-state index in [1.54, 1.807) is 13.8 Å². The third kappa shape index (κ3) is 5.80. The van der Waals surface area contributed by atoms with Crippen molar-refractivity contribution in [2.45, 2.75) is 18.7 Å². The van der Waals surface area contributed by atoms with Gasteiger partial charge in [0, 0.05) is 23.0 Å². The van der Waals surface area contributed by atoms with Gasteiger partial charge in [0.15, 0.2) is 16.7 Å². The summed E-state index contributed by atoms with van der Waals surface area (Å²) in [6.07, 6.45) is 0. The number of carbonyl (C=O) groups excluding carboxylic acids is 1. The Bertz CT molecular complexity index is 1280. The molecule has 0 aliphatic carbocycles. The van der Waals surface area contributed by atoms with Crippen molar-refractivity contribution in [3.8, 4) is 0 Å². The molecule has 0 spiro atoms. The number of nitrogens with one attached hydrogen (secondary N) is 3. The summed E-state index contributed by atoms with van der Waals surface area (Å²) in [6, 6.07) is 9.77. The molecule has 1 amide bonds. The summed E-state index contributed by atoms with van der Waals surface area (Å²) < 4.78 is 53.8. The highest BCUT2D eigenvalue weighted by Crippen LogP contribution is 2.18. The van der Waals surface area contributed by atoms with Crippen LogP contribution in [0.2, 0.25) is 0 Å². The predicted molar refractivity (Wildman–Crippen MR) is 119 cm³/mol. The Hall–Kier alpha value is -3.51. The number of carbonyl (C=O) groups is 1. The molecular formula is C20H17F2N5O3S2. The number of aryl methyl sites for hydroxylation is 2. The van der Waals surface area contributed by atoms with Crippen molar-refractivity contribution >= 4 is 44.8 Å². The highest BCUT2D eigenvalue weighted by atomic mass is 32.2. The van der Waals surface area contributed by atoms with E-state index in [2.05, 4.69) is 25.3 Å². The molecular weight excluding hydrogens is 460 g/mol. The third-order valence-electron chi connectivity index (χ3n) is 4.04. The Morgan fingerprint density at radius 2 is 1.66 bits per heavy atom. The first kappa shape index (κ1) is 23.2. The molecule has 2 aromatic carbocycles. The lowest BCUT2D eigenvalue weighted by Gasteiger charge is -2.11. The molecule has 32 heavy (non-hydrogen) atoms. The van der Waals surface area contributed by atoms with Crippen LogP contribution in [0.25, 0.3) is 0 Å². The van der Waals surface area contributed by atoms with Gasteiger partial charge in [-0.3, -0.25) is 14.8 Å². The molecule has 0 aliphatic rings. The molecule has 3 N–H and O–H groups in total. The van der Waals surface area contributed by atoms with Gasteiger partial charge in [-0.15, -0.1) is 0 Å². The fourth-order valence-corrected chi connectivity index (χ4v) is 3.86. The van der Waals surface area contributed by atoms with Crippen molar-refractivity contribution in [1.82, 2.24) is 15.3 Å². The summed E-state index contributed by atoms with van der Waals surface area (Å²) in [7, 11) is -3.89. The number of benzene rings is 2. The van der Waals surface area contributed by atoms with Crippen molar-refractivity contribution in [3.63, 3.8) is 0 Å². The zero-order valence-electron chi connectivity index (χ0n) is 16.8. The lowest BCUT2D eigenvalue weighted by atomic mass is 10.2. The number of anilines is 2. The van der Waals surface area contributed by atoms with E-state index in [1.165, 1.54) is 30.3 Å². The zero-order chi connectivity index (χ0) is 23.5. The molecule has 0 unspecified atom stereocenters. The molecule has 0 bridgehead atoms. The van der Waals surface area contributed by atoms with Gasteiger partial charge in [-0.1, -0.05) is 0 Å². The largest absolute Gasteiger partial charge is 0.332 e. The molecule has 0 saturated heterocycles. The summed E-state index contributed by atoms with van der Waals surface area (Å²) in [4.78, 5) is 20.2. The molecule has 3 aromatic rings. The lowest BCUT2D eigenvalue weighted by molar-refractivity contribution is 0.0977. The van der Waals surface area contributed by atoms with Gasteiger partial charge in [0.05, 0.1) is 4.90 Å². The van der Waals surface area contributed by atoms with Gasteiger partial charge in [-0.05, 0) is 68.5 Å². The van der Waals surface area contributed by atoms with Crippen LogP contribution in [0.4, 0.5) is 20.3 Å². The molecule has 0 saturated carbocycles. The number of halogens is 2. The second-order valence-electron chi connectivity index (χ2n) is 6.61. The van der Waals surface area contributed by atoms with Crippen molar-refractivity contribution in [1.29, 1.82) is 0 Å². The average molecular weight is 478 g/mol. The van der Waals surface area contributed by atoms with Gasteiger partial charge < -0.3 is 5.32 Å². The van der Waals surface area contributed by atoms with Crippen LogP contribution in [-0.2, 0) is 10.0 Å². The number of rotatable bonds is 5. The molecule has 1 heterocycles. The Kier molecular flexibility index (Phi) is 6.75. The SMILES string of the molecule is Cc1cc(NS(=O)(=O)c2ccc(NC(=S)NC(=O)c3ccc(F)c(F)c3)cc2)nc(C)n1. The second-order valence-corrected chi connectivity index (χ2v) is 8.70. The second kappa shape index (κ2) is 9.32. The number of nitrogens with zero attached hydrogens (tertiary/aromatic N) is 2. The topological polar surface area (TPSA) is 113 Å². The van der Waals surface area contributed by atoms with Gasteiger partial charge in [-0.2, -0.15) is 0 Å². The average Bonchev–Trinajstić information content (AvgIpc) is 2.69. The van der Waals surface area contributed by atoms with E-state index in [1.807, 2.05) is 0 Å². The highest BCUT2D eigenvalue weighted by molar-refractivity contribution is 7.92. The van der Waals surface area contributed by atoms with Gasteiger partial charge in [-0.25, -0.2) is 27.2 Å². The Labute approximate surface area is 188 Å². The maximum absolute atomic E-state index is 13.3. The predicted octanol–water partition coefficient (Wildman–Crippen LogP) is 3.30. The lowest BCUT2D eigenvalue weighted by Crippen LogP contribution is -2.34. The monoisotopic (exact) mass is 477 g/mol. The molecule has 1 aromatic heterocycles. The molecule has 3 rings (SSSR count). The van der Waals surface area contributed by atoms with Crippen LogP contribution in [0.3, 0.4) is 0 Å². The Balaban J connectivity index is 1.65. The molecule has 0 aliphatic heterocycles. The minimum absolute atomic E-state index is 0.0197. The van der Waals surface area contributed by atoms with E-state index in [-0.39, 0.29) is 21.4 Å². The fourth-order valence-electron chi connectivity index (χ4n) is 2.66. The van der Waals surface area contributed by atoms with Crippen LogP contribution in [0.1, 0.15) is 21.9 Å². The minimum Gasteiger partial charge on any atom is -0.332 e. The van der Waals surface area contributed by atoms with E-state index in [4.69, 9.17) is 12.2 Å². The normalized spacial score (nSPS) is 11.0. The number of hydrogen-bond acceptors (Lipinski definition) is 6. The van der Waals surface area contributed by atoms with Crippen molar-refractivity contribution < 1.29 is 22.0 Å². The van der Waals surface area contributed by atoms with Gasteiger partial charge in [0.2, 0.25) is 0 Å². The number of amides is 1. The Morgan fingerprint density at radius 1 is 0.969 bits per heavy atom. The maximum Gasteiger partial charge on any atom is 0.263 e. The number of hydrogen-bond donors (Lipinski definition) is 3. The number of sulfonamides is 1. The van der Waals surface area contributed by atoms with Crippen LogP contribution in [-0.4, -0.2) is 29.4 Å². The third-order valence-corrected chi connectivity index (χ3v) is 5.61. The quantitative estimate of drug-likeness (QED) is 0.483. The first-order valence-electron chi connectivity index (χ1n) is 9.06. The first-order chi connectivity index (χ1) is 15.0. The highest BCUT2D eigenvalue weighted by Gasteiger charge is 2.16. The summed E-state index contributed by atoms with van der Waals surface area (Å²) in [5.41, 5.74) is 0.901. The zero-order valence-corrected chi connectivity index (χ0v) is 18.4. The van der Waals surface area contributed by atoms with Gasteiger partial charge >= 0.3 is 0 Å². The summed E-state index contributed by atoms with van der Waals surface area (Å²) in [6.45, 7) is 3.38. The van der Waals surface area contributed by atoms with E-state index in [9.17, 15) is 22.0 Å². The van der Waals surface area contributed by atoms with E-state index in [0.717, 1.165) is 18.2 Å². The molecule has 12 heteroatoms. The molecule has 166 valence electrons. The Morgan fingerprint density at radius 3 is 2.28 bits per heavy atom. The molecule has 0 fully saturated rings. The summed E-state index contributed by atoms with van der Waals surface area (Å²) >= 11 is 5.03. The van der Waals surface area contributed by atoms with Crippen LogP contribution in [0.5, 0.6) is 0 Å². The van der Waals surface area contributed by atoms with Crippen LogP contribution in [0, 0.1) is 25.5 Å². The van der Waals surface area contributed by atoms with Crippen molar-refractivity contribution in [3.05, 3.63) is 77.2 Å². The number of thiocarbonyl (C=S) groups is 1. The maximum atomic E-state index is 13.3. The van der Waals surface area contributed by atoms with Crippen molar-refractivity contribution in [2.75, 3.05) is 10.0 Å². The van der Waals surface area contributed by atoms with Crippen molar-refractivity contribution in [2.24, 2.45) is 0 Å². The van der Waals surface area contributed by atoms with Crippen LogP contribution in [0.15, 0.2) is 53.4 Å². The van der Waals surface area contributed by atoms with Gasteiger partial charge in [0.25, 0.3) is 15.9 Å². The molecule has 0 atom stereocenters. The van der Waals surface area contributed by atoms with Gasteiger partial charge in [0.1, 0.15) is 11.6 Å². The standard InChI is InChI=1S/C20H17F2N5O3S2/c1-11-9-18(24-12(2)23-11)27-32(29,30)15-6-4-14(5-7-15)25-20(31)26-19(28)13-3-8-16(21)17(22)10-13/h3-10H,1-2H3,(H,23,24,27)(H2,25,26,28,31). The minimum atomic E-state index is -3.89. The smallest absolute Gasteiger partial charge is 0.263 e. The summed E-state index contributed by atoms with van der Waals surface area (Å²) in [5, 5.41) is 4.92. The molecule has 8 nitrogen and oxygen atoms in total. The van der Waals surface area contributed by atoms with Crippen LogP contribution < -0.4 is 15.4 Å². The first-order valence-corrected chi connectivity index (χ1v) is 11.0. The molecule has 0 radical (unpaired) electrons. The van der Waals surface area contributed by atoms with E-state index in [0.29, 0.717) is 17.2 Å².